The fourth-order valence-electron chi connectivity index (χ4n) is 7.07. The van der Waals surface area contributed by atoms with Crippen LogP contribution in [-0.2, 0) is 0 Å². The Balaban J connectivity index is 1.27. The van der Waals surface area contributed by atoms with Gasteiger partial charge in [0.2, 0.25) is 0 Å². The van der Waals surface area contributed by atoms with Crippen molar-refractivity contribution in [2.75, 3.05) is 4.90 Å². The van der Waals surface area contributed by atoms with E-state index in [2.05, 4.69) is 199 Å². The highest BCUT2D eigenvalue weighted by Crippen LogP contribution is 2.48. The van der Waals surface area contributed by atoms with Crippen molar-refractivity contribution in [3.8, 4) is 44.5 Å². The summed E-state index contributed by atoms with van der Waals surface area (Å²) in [4.78, 5) is 2.40. The first-order chi connectivity index (χ1) is 24.8. The minimum atomic E-state index is 0.872. The average molecular weight is 640 g/mol. The van der Waals surface area contributed by atoms with Gasteiger partial charge in [-0.2, -0.15) is 0 Å². The lowest BCUT2D eigenvalue weighted by molar-refractivity contribution is 0.670. The first kappa shape index (κ1) is 29.5. The maximum atomic E-state index is 6.72. The maximum Gasteiger partial charge on any atom is 0.145 e. The van der Waals surface area contributed by atoms with E-state index < -0.39 is 0 Å². The first-order valence-corrected chi connectivity index (χ1v) is 17.0. The summed E-state index contributed by atoms with van der Waals surface area (Å²) in [6.45, 7) is 0. The van der Waals surface area contributed by atoms with Crippen molar-refractivity contribution in [3.63, 3.8) is 0 Å². The van der Waals surface area contributed by atoms with E-state index >= 15 is 0 Å². The molecule has 0 radical (unpaired) electrons. The van der Waals surface area contributed by atoms with Gasteiger partial charge in [0.05, 0.1) is 16.8 Å². The zero-order valence-electron chi connectivity index (χ0n) is 27.4. The first-order valence-electron chi connectivity index (χ1n) is 17.0. The Labute approximate surface area is 292 Å². The van der Waals surface area contributed by atoms with Crippen molar-refractivity contribution in [1.82, 2.24) is 0 Å². The molecule has 236 valence electrons. The molecule has 1 aromatic heterocycles. The van der Waals surface area contributed by atoms with Crippen LogP contribution in [0.4, 0.5) is 17.1 Å². The molecule has 9 rings (SSSR count). The van der Waals surface area contributed by atoms with Gasteiger partial charge in [-0.3, -0.25) is 0 Å². The second kappa shape index (κ2) is 12.8. The molecular weight excluding hydrogens is 607 g/mol. The summed E-state index contributed by atoms with van der Waals surface area (Å²) in [6.07, 6.45) is 0. The molecule has 2 nitrogen and oxygen atoms in total. The van der Waals surface area contributed by atoms with E-state index in [4.69, 9.17) is 4.42 Å². The molecule has 0 fully saturated rings. The fourth-order valence-corrected chi connectivity index (χ4v) is 7.07. The SMILES string of the molecule is c1ccc(-c2ccc(-c3ccccc3N(c3ccc(-c4ccccc4)cc3)c3ccc(-c4ccccc4)c4oc5ccccc5c34)cc2)cc1. The van der Waals surface area contributed by atoms with Crippen molar-refractivity contribution in [2.45, 2.75) is 0 Å². The number of rotatable bonds is 7. The van der Waals surface area contributed by atoms with E-state index in [1.54, 1.807) is 0 Å². The molecule has 0 aliphatic heterocycles. The van der Waals surface area contributed by atoms with Crippen LogP contribution >= 0.6 is 0 Å². The van der Waals surface area contributed by atoms with Gasteiger partial charge in [0.25, 0.3) is 0 Å². The normalized spacial score (nSPS) is 11.2. The van der Waals surface area contributed by atoms with Crippen molar-refractivity contribution in [2.24, 2.45) is 0 Å². The number of nitrogens with zero attached hydrogens (tertiary/aromatic N) is 1. The smallest absolute Gasteiger partial charge is 0.145 e. The van der Waals surface area contributed by atoms with Crippen molar-refractivity contribution < 1.29 is 4.42 Å². The number of benzene rings is 8. The molecule has 0 saturated heterocycles. The van der Waals surface area contributed by atoms with Crippen LogP contribution in [0, 0.1) is 0 Å². The maximum absolute atomic E-state index is 6.72. The fraction of sp³-hybridized carbons (Fsp3) is 0. The summed E-state index contributed by atoms with van der Waals surface area (Å²) in [5.74, 6) is 0. The van der Waals surface area contributed by atoms with E-state index in [9.17, 15) is 0 Å². The van der Waals surface area contributed by atoms with E-state index in [0.29, 0.717) is 0 Å². The number of anilines is 3. The highest BCUT2D eigenvalue weighted by molar-refractivity contribution is 6.17. The molecule has 50 heavy (non-hydrogen) atoms. The van der Waals surface area contributed by atoms with Crippen LogP contribution in [0.5, 0.6) is 0 Å². The molecule has 9 aromatic rings. The third-order valence-corrected chi connectivity index (χ3v) is 9.51. The number of para-hydroxylation sites is 2. The number of hydrogen-bond acceptors (Lipinski definition) is 2. The lowest BCUT2D eigenvalue weighted by atomic mass is 9.96. The van der Waals surface area contributed by atoms with Crippen molar-refractivity contribution >= 4 is 39.0 Å². The van der Waals surface area contributed by atoms with Gasteiger partial charge < -0.3 is 9.32 Å². The van der Waals surface area contributed by atoms with Crippen LogP contribution in [0.3, 0.4) is 0 Å². The highest BCUT2D eigenvalue weighted by atomic mass is 16.3. The van der Waals surface area contributed by atoms with Gasteiger partial charge in [-0.05, 0) is 69.8 Å². The van der Waals surface area contributed by atoms with Crippen LogP contribution in [0.2, 0.25) is 0 Å². The molecular formula is C48H33NO. The Morgan fingerprint density at radius 3 is 1.46 bits per heavy atom. The molecule has 0 atom stereocenters. The molecule has 0 aliphatic carbocycles. The third-order valence-electron chi connectivity index (χ3n) is 9.51. The molecule has 0 saturated carbocycles. The van der Waals surface area contributed by atoms with Gasteiger partial charge >= 0.3 is 0 Å². The second-order valence-electron chi connectivity index (χ2n) is 12.5. The van der Waals surface area contributed by atoms with Crippen LogP contribution in [0.15, 0.2) is 205 Å². The monoisotopic (exact) mass is 639 g/mol. The Morgan fingerprint density at radius 2 is 0.800 bits per heavy atom. The lowest BCUT2D eigenvalue weighted by Crippen LogP contribution is -2.11. The van der Waals surface area contributed by atoms with Gasteiger partial charge in [-0.25, -0.2) is 0 Å². The molecule has 0 spiro atoms. The van der Waals surface area contributed by atoms with Crippen molar-refractivity contribution in [1.29, 1.82) is 0 Å². The summed E-state index contributed by atoms with van der Waals surface area (Å²) in [6, 6.07) is 71.0. The Hall–Kier alpha value is -6.64. The summed E-state index contributed by atoms with van der Waals surface area (Å²) in [5.41, 5.74) is 14.2. The minimum Gasteiger partial charge on any atom is -0.455 e. The standard InChI is InChI=1S/C48H33NO/c1-4-14-34(15-5-1)36-24-26-39(27-25-36)41-20-10-12-22-44(41)49(40-30-28-37(29-31-40)35-16-6-2-7-17-35)45-33-32-42(38-18-8-3-9-19-38)48-47(45)43-21-11-13-23-46(43)50-48/h1-33H. The summed E-state index contributed by atoms with van der Waals surface area (Å²) in [5, 5.41) is 2.18. The Bertz CT molecular complexity index is 2550. The van der Waals surface area contributed by atoms with Gasteiger partial charge in [0.1, 0.15) is 11.2 Å². The van der Waals surface area contributed by atoms with Crippen LogP contribution in [0.25, 0.3) is 66.4 Å². The van der Waals surface area contributed by atoms with E-state index in [-0.39, 0.29) is 0 Å². The number of hydrogen-bond donors (Lipinski definition) is 0. The predicted molar refractivity (Wildman–Crippen MR) is 210 cm³/mol. The Kier molecular flexibility index (Phi) is 7.53. The highest BCUT2D eigenvalue weighted by Gasteiger charge is 2.24. The van der Waals surface area contributed by atoms with Gasteiger partial charge in [-0.1, -0.05) is 164 Å². The van der Waals surface area contributed by atoms with Crippen molar-refractivity contribution in [3.05, 3.63) is 200 Å². The number of fused-ring (bicyclic) bond motifs is 3. The minimum absolute atomic E-state index is 0.872. The molecule has 0 unspecified atom stereocenters. The quantitative estimate of drug-likeness (QED) is 0.173. The molecule has 0 bridgehead atoms. The zero-order valence-corrected chi connectivity index (χ0v) is 27.4. The third kappa shape index (κ3) is 5.34. The topological polar surface area (TPSA) is 16.4 Å². The molecule has 0 amide bonds. The summed E-state index contributed by atoms with van der Waals surface area (Å²) in [7, 11) is 0. The van der Waals surface area contributed by atoms with Crippen LogP contribution < -0.4 is 4.90 Å². The summed E-state index contributed by atoms with van der Waals surface area (Å²) >= 11 is 0. The lowest BCUT2D eigenvalue weighted by Gasteiger charge is -2.29. The molecule has 8 aromatic carbocycles. The van der Waals surface area contributed by atoms with E-state index in [1.165, 1.54) is 22.3 Å². The van der Waals surface area contributed by atoms with Gasteiger partial charge in [0, 0.05) is 22.2 Å². The Morgan fingerprint density at radius 1 is 0.320 bits per heavy atom. The van der Waals surface area contributed by atoms with Crippen LogP contribution in [-0.4, -0.2) is 0 Å². The van der Waals surface area contributed by atoms with Gasteiger partial charge in [0.15, 0.2) is 0 Å². The predicted octanol–water partition coefficient (Wildman–Crippen LogP) is 13.7. The molecule has 1 heterocycles. The van der Waals surface area contributed by atoms with E-state index in [0.717, 1.165) is 61.3 Å². The van der Waals surface area contributed by atoms with Gasteiger partial charge in [-0.15, -0.1) is 0 Å². The second-order valence-corrected chi connectivity index (χ2v) is 12.5. The molecule has 0 aliphatic rings. The summed E-state index contributed by atoms with van der Waals surface area (Å²) < 4.78 is 6.72. The number of furan rings is 1. The van der Waals surface area contributed by atoms with Crippen LogP contribution in [0.1, 0.15) is 0 Å². The zero-order chi connectivity index (χ0) is 33.3. The van der Waals surface area contributed by atoms with E-state index in [1.807, 2.05) is 6.07 Å². The molecule has 2 heteroatoms. The molecule has 0 N–H and O–H groups in total. The largest absolute Gasteiger partial charge is 0.455 e. The average Bonchev–Trinajstić information content (AvgIpc) is 3.60.